The molecule has 6 heteroatoms. The third-order valence-electron chi connectivity index (χ3n) is 6.16. The summed E-state index contributed by atoms with van der Waals surface area (Å²) in [6, 6.07) is 7.02. The molecule has 0 unspecified atom stereocenters. The molecule has 4 nitrogen and oxygen atoms in total. The van der Waals surface area contributed by atoms with E-state index in [0.29, 0.717) is 5.82 Å². The van der Waals surface area contributed by atoms with Gasteiger partial charge in [-0.15, -0.1) is 0 Å². The summed E-state index contributed by atoms with van der Waals surface area (Å²) in [5, 5.41) is 5.43. The molecule has 3 aromatic rings. The molecule has 0 aliphatic rings. The van der Waals surface area contributed by atoms with Gasteiger partial charge in [0.1, 0.15) is 0 Å². The molecule has 0 bridgehead atoms. The molecule has 162 valence electrons. The molecule has 3 aromatic heterocycles. The van der Waals surface area contributed by atoms with E-state index in [-0.39, 0.29) is 0 Å². The van der Waals surface area contributed by atoms with Gasteiger partial charge in [0.05, 0.1) is 0 Å². The molecule has 0 saturated carbocycles. The average Bonchev–Trinajstić information content (AvgIpc) is 3.18. The van der Waals surface area contributed by atoms with Crippen molar-refractivity contribution < 1.29 is 4.39 Å². The Morgan fingerprint density at radius 1 is 0.933 bits per heavy atom. The molecule has 30 heavy (non-hydrogen) atoms. The quantitative estimate of drug-likeness (QED) is 0.194. The van der Waals surface area contributed by atoms with Gasteiger partial charge in [-0.05, 0) is 0 Å². The van der Waals surface area contributed by atoms with Crippen molar-refractivity contribution in [3.05, 3.63) is 48.3 Å². The van der Waals surface area contributed by atoms with E-state index >= 15 is 0 Å². The van der Waals surface area contributed by atoms with Gasteiger partial charge in [-0.25, -0.2) is 0 Å². The molecule has 0 fully saturated rings. The van der Waals surface area contributed by atoms with Crippen LogP contribution >= 0.6 is 0 Å². The van der Waals surface area contributed by atoms with Crippen LogP contribution < -0.4 is 0 Å². The van der Waals surface area contributed by atoms with Crippen LogP contribution in [-0.2, 0) is 4.44 Å². The minimum atomic E-state index is -2.34. The number of unbranched alkanes of at least 4 members (excludes halogenated alkanes) is 3. The fourth-order valence-electron chi connectivity index (χ4n) is 4.44. The summed E-state index contributed by atoms with van der Waals surface area (Å²) in [6.45, 7) is 6.93. The van der Waals surface area contributed by atoms with Crippen molar-refractivity contribution in [2.75, 3.05) is 0 Å². The Bertz CT molecular complexity index is 918. The third-order valence-corrected chi connectivity index (χ3v) is 21.4. The molecule has 0 N–H and O–H groups in total. The number of aromatic nitrogens is 4. The molecule has 3 heterocycles. The predicted octanol–water partition coefficient (Wildman–Crippen LogP) is 6.89. The van der Waals surface area contributed by atoms with Gasteiger partial charge in [0.15, 0.2) is 0 Å². The normalized spacial score (nSPS) is 12.0. The van der Waals surface area contributed by atoms with E-state index in [4.69, 9.17) is 4.98 Å². The first-order chi connectivity index (χ1) is 14.6. The van der Waals surface area contributed by atoms with Crippen molar-refractivity contribution in [2.45, 2.75) is 77.0 Å². The van der Waals surface area contributed by atoms with E-state index in [0.717, 1.165) is 10.9 Å². The Kier molecular flexibility index (Phi) is 8.66. The Hall–Kier alpha value is -1.50. The molecule has 0 spiro atoms. The fourth-order valence-corrected chi connectivity index (χ4v) is 20.3. The predicted molar refractivity (Wildman–Crippen MR) is 125 cm³/mol. The van der Waals surface area contributed by atoms with E-state index in [9.17, 15) is 4.39 Å². The van der Waals surface area contributed by atoms with Crippen LogP contribution in [0.1, 0.15) is 65.0 Å². The molecular formula is C24H35FN4Sn. The number of halogens is 1. The van der Waals surface area contributed by atoms with Crippen LogP contribution in [0.3, 0.4) is 0 Å². The van der Waals surface area contributed by atoms with Gasteiger partial charge in [0.25, 0.3) is 0 Å². The second-order valence-electron chi connectivity index (χ2n) is 8.60. The van der Waals surface area contributed by atoms with E-state index < -0.39 is 24.3 Å². The summed E-state index contributed by atoms with van der Waals surface area (Å²) in [4.78, 5) is 8.86. The summed E-state index contributed by atoms with van der Waals surface area (Å²) < 4.78 is 21.0. The van der Waals surface area contributed by atoms with E-state index in [2.05, 4.69) is 36.9 Å². The van der Waals surface area contributed by atoms with Crippen LogP contribution in [0.5, 0.6) is 0 Å². The van der Waals surface area contributed by atoms with Crippen molar-refractivity contribution in [3.8, 4) is 5.82 Å². The van der Waals surface area contributed by atoms with Crippen molar-refractivity contribution >= 4 is 29.3 Å². The van der Waals surface area contributed by atoms with Crippen LogP contribution in [0.4, 0.5) is 4.39 Å². The Labute approximate surface area is 184 Å². The minimum absolute atomic E-state index is 0.487. The molecule has 0 aromatic carbocycles. The summed E-state index contributed by atoms with van der Waals surface area (Å²) in [5.74, 6) is 0.0271. The Morgan fingerprint density at radius 2 is 1.60 bits per heavy atom. The maximum absolute atomic E-state index is 13.7. The molecule has 0 radical (unpaired) electrons. The molecule has 0 saturated heterocycles. The van der Waals surface area contributed by atoms with Crippen molar-refractivity contribution in [1.29, 1.82) is 0 Å². The Morgan fingerprint density at radius 3 is 2.20 bits per heavy atom. The standard InChI is InChI=1S/C12H8FN4.3C4H9.Sn/c1-8-5-10-9(6-14-8)7-15-17(10)12-4-2-3-11(13)16-12;3*1-3-4-2;/h2-7H,1H2;3*1,3-4H2,2H3;. The zero-order valence-corrected chi connectivity index (χ0v) is 21.6. The van der Waals surface area contributed by atoms with Crippen LogP contribution in [-0.4, -0.2) is 38.1 Å². The second kappa shape index (κ2) is 11.2. The topological polar surface area (TPSA) is 43.6 Å². The second-order valence-corrected chi connectivity index (χ2v) is 22.4. The summed E-state index contributed by atoms with van der Waals surface area (Å²) in [7, 11) is 0. The van der Waals surface area contributed by atoms with Crippen LogP contribution in [0.2, 0.25) is 13.3 Å². The maximum atomic E-state index is 13.7. The summed E-state index contributed by atoms with van der Waals surface area (Å²) >= 11 is -2.34. The summed E-state index contributed by atoms with van der Waals surface area (Å²) in [5.41, 5.74) is 2.17. The Balaban J connectivity index is 1.95. The van der Waals surface area contributed by atoms with E-state index in [1.807, 2.05) is 6.20 Å². The third kappa shape index (κ3) is 5.80. The van der Waals surface area contributed by atoms with Crippen molar-refractivity contribution in [2.24, 2.45) is 0 Å². The molecule has 0 amide bonds. The fraction of sp³-hybridized carbons (Fsp3) is 0.542. The number of pyridine rings is 2. The first-order valence-electron chi connectivity index (χ1n) is 11.6. The van der Waals surface area contributed by atoms with Gasteiger partial charge in [-0.2, -0.15) is 0 Å². The monoisotopic (exact) mass is 518 g/mol. The van der Waals surface area contributed by atoms with Gasteiger partial charge in [0.2, 0.25) is 0 Å². The van der Waals surface area contributed by atoms with Gasteiger partial charge < -0.3 is 0 Å². The van der Waals surface area contributed by atoms with E-state index in [1.54, 1.807) is 23.0 Å². The molecule has 0 atom stereocenters. The zero-order chi connectivity index (χ0) is 21.4. The van der Waals surface area contributed by atoms with Crippen LogP contribution in [0.15, 0.2) is 36.7 Å². The van der Waals surface area contributed by atoms with Gasteiger partial charge in [-0.1, -0.05) is 0 Å². The number of hydrogen-bond donors (Lipinski definition) is 0. The van der Waals surface area contributed by atoms with Crippen LogP contribution in [0, 0.1) is 5.95 Å². The van der Waals surface area contributed by atoms with Gasteiger partial charge in [-0.3, -0.25) is 0 Å². The molecule has 3 rings (SSSR count). The summed E-state index contributed by atoms with van der Waals surface area (Å²) in [6.07, 6.45) is 11.6. The van der Waals surface area contributed by atoms with Crippen LogP contribution in [0.25, 0.3) is 16.7 Å². The van der Waals surface area contributed by atoms with E-state index in [1.165, 1.54) is 68.0 Å². The number of fused-ring (bicyclic) bond motifs is 1. The van der Waals surface area contributed by atoms with Crippen molar-refractivity contribution in [1.82, 2.24) is 19.7 Å². The molecule has 0 aliphatic carbocycles. The molecule has 0 aliphatic heterocycles. The first kappa shape index (κ1) is 23.2. The zero-order valence-electron chi connectivity index (χ0n) is 18.7. The number of hydrogen-bond acceptors (Lipinski definition) is 3. The van der Waals surface area contributed by atoms with Gasteiger partial charge >= 0.3 is 185 Å². The number of rotatable bonds is 12. The SMILES string of the molecule is CCC[CH2][Sn]([CH2]CCC)([CH2]CCC)[CH2]c1cc2c(cn1)cnn2-c1cccc(F)n1. The molecular weight excluding hydrogens is 482 g/mol. The number of nitrogens with zero attached hydrogens (tertiary/aromatic N) is 4. The first-order valence-corrected chi connectivity index (χ1v) is 19.6. The van der Waals surface area contributed by atoms with Gasteiger partial charge in [0, 0.05) is 0 Å². The van der Waals surface area contributed by atoms with Crippen molar-refractivity contribution in [3.63, 3.8) is 0 Å². The average molecular weight is 517 g/mol.